The molecule has 1 amide bonds. The summed E-state index contributed by atoms with van der Waals surface area (Å²) in [5.74, 6) is -0.438. The number of hydrogen-bond donors (Lipinski definition) is 3. The van der Waals surface area contributed by atoms with Crippen LogP contribution in [0.4, 0.5) is 5.69 Å². The van der Waals surface area contributed by atoms with Gasteiger partial charge in [-0.3, -0.25) is 4.79 Å². The van der Waals surface area contributed by atoms with Gasteiger partial charge in [0, 0.05) is 38.1 Å². The largest absolute Gasteiger partial charge is 0.368 e. The molecule has 1 atom stereocenters. The van der Waals surface area contributed by atoms with Gasteiger partial charge in [-0.2, -0.15) is 0 Å². The Morgan fingerprint density at radius 1 is 1.52 bits per heavy atom. The van der Waals surface area contributed by atoms with Gasteiger partial charge in [0.15, 0.2) is 0 Å². The Morgan fingerprint density at radius 2 is 2.28 bits per heavy atom. The van der Waals surface area contributed by atoms with Crippen molar-refractivity contribution in [1.82, 2.24) is 15.3 Å². The number of piperidine rings is 1. The molecule has 0 radical (unpaired) electrons. The summed E-state index contributed by atoms with van der Waals surface area (Å²) < 4.78 is 0.888. The lowest BCUT2D eigenvalue weighted by Crippen LogP contribution is -2.48. The number of nitrogens with one attached hydrogen (secondary N) is 2. The minimum atomic E-state index is -0.438. The second-order valence-electron chi connectivity index (χ2n) is 7.97. The van der Waals surface area contributed by atoms with E-state index in [0.717, 1.165) is 48.0 Å². The van der Waals surface area contributed by atoms with Crippen molar-refractivity contribution in [1.29, 1.82) is 0 Å². The second-order valence-corrected chi connectivity index (χ2v) is 8.83. The summed E-state index contributed by atoms with van der Waals surface area (Å²) in [6.45, 7) is 9.55. The van der Waals surface area contributed by atoms with Gasteiger partial charge in [-0.15, -0.1) is 0 Å². The van der Waals surface area contributed by atoms with Crippen LogP contribution in [0.25, 0.3) is 11.0 Å². The second kappa shape index (κ2) is 6.96. The summed E-state index contributed by atoms with van der Waals surface area (Å²) in [6, 6.07) is 0.430. The summed E-state index contributed by atoms with van der Waals surface area (Å²) in [5, 5.41) is 4.49. The third-order valence-corrected chi connectivity index (χ3v) is 5.13. The molecule has 1 fully saturated rings. The average Bonchev–Trinajstić information content (AvgIpc) is 2.96. The molecule has 3 rings (SSSR count). The van der Waals surface area contributed by atoms with Crippen molar-refractivity contribution in [3.05, 3.63) is 22.4 Å². The number of nitrogens with two attached hydrogens (primary N) is 1. The number of carbonyl (C=O) groups is 1. The van der Waals surface area contributed by atoms with Gasteiger partial charge in [0.1, 0.15) is 5.65 Å². The number of H-pyrrole nitrogens is 1. The first kappa shape index (κ1) is 18.2. The molecular formula is C18H26BrN5O. The lowest BCUT2D eigenvalue weighted by atomic mass is 9.95. The van der Waals surface area contributed by atoms with Crippen LogP contribution in [0.15, 0.2) is 16.9 Å². The fourth-order valence-electron chi connectivity index (χ4n) is 3.36. The molecule has 3 heterocycles. The standard InChI is InChI=1S/C18H26BrN5O/c1-18(2,3)10-23-11-5-4-6-24(9-11)15-13(19)8-22-17-14(15)12(7-21-17)16(20)25/h7-8,11,23H,4-6,9-10H2,1-3H3,(H2,20,25)(H,21,22)/t11-/m1/s1. The van der Waals surface area contributed by atoms with Gasteiger partial charge in [0.25, 0.3) is 5.91 Å². The third kappa shape index (κ3) is 3.98. The SMILES string of the molecule is CC(C)(C)CN[C@@H]1CCCN(c2c(Br)cnc3[nH]cc(C(N)=O)c23)C1. The third-order valence-electron chi connectivity index (χ3n) is 4.55. The number of aromatic amines is 1. The monoisotopic (exact) mass is 407 g/mol. The number of nitrogens with zero attached hydrogens (tertiary/aromatic N) is 2. The number of carbonyl (C=O) groups excluding carboxylic acids is 1. The van der Waals surface area contributed by atoms with Crippen molar-refractivity contribution in [2.45, 2.75) is 39.7 Å². The maximum absolute atomic E-state index is 11.8. The predicted molar refractivity (Wildman–Crippen MR) is 105 cm³/mol. The van der Waals surface area contributed by atoms with Crippen molar-refractivity contribution >= 4 is 38.6 Å². The first-order valence-electron chi connectivity index (χ1n) is 8.70. The van der Waals surface area contributed by atoms with Crippen molar-refractivity contribution < 1.29 is 4.79 Å². The minimum Gasteiger partial charge on any atom is -0.368 e. The zero-order valence-electron chi connectivity index (χ0n) is 15.0. The highest BCUT2D eigenvalue weighted by molar-refractivity contribution is 9.10. The molecule has 0 unspecified atom stereocenters. The molecule has 0 spiro atoms. The number of halogens is 1. The molecule has 6 nitrogen and oxygen atoms in total. The van der Waals surface area contributed by atoms with Gasteiger partial charge >= 0.3 is 0 Å². The van der Waals surface area contributed by atoms with Crippen LogP contribution in [-0.4, -0.2) is 41.6 Å². The zero-order valence-corrected chi connectivity index (χ0v) is 16.6. The van der Waals surface area contributed by atoms with Gasteiger partial charge in [-0.25, -0.2) is 4.98 Å². The highest BCUT2D eigenvalue weighted by Crippen LogP contribution is 2.36. The molecule has 0 aliphatic carbocycles. The number of rotatable bonds is 4. The van der Waals surface area contributed by atoms with E-state index >= 15 is 0 Å². The summed E-state index contributed by atoms with van der Waals surface area (Å²) in [4.78, 5) is 21.6. The van der Waals surface area contributed by atoms with Crippen LogP contribution in [0.3, 0.4) is 0 Å². The molecule has 0 aromatic carbocycles. The molecule has 1 saturated heterocycles. The van der Waals surface area contributed by atoms with E-state index in [0.29, 0.717) is 17.3 Å². The molecule has 4 N–H and O–H groups in total. The quantitative estimate of drug-likeness (QED) is 0.726. The molecular weight excluding hydrogens is 382 g/mol. The Labute approximate surface area is 156 Å². The zero-order chi connectivity index (χ0) is 18.2. The average molecular weight is 408 g/mol. The van der Waals surface area contributed by atoms with Gasteiger partial charge < -0.3 is 20.9 Å². The minimum absolute atomic E-state index is 0.257. The van der Waals surface area contributed by atoms with Gasteiger partial charge in [-0.1, -0.05) is 20.8 Å². The molecule has 136 valence electrons. The molecule has 1 aliphatic heterocycles. The maximum atomic E-state index is 11.8. The molecule has 1 aliphatic rings. The molecule has 0 saturated carbocycles. The summed E-state index contributed by atoms with van der Waals surface area (Å²) >= 11 is 3.62. The van der Waals surface area contributed by atoms with E-state index in [-0.39, 0.29) is 5.41 Å². The first-order valence-corrected chi connectivity index (χ1v) is 9.49. The Bertz CT molecular complexity index is 780. The fraction of sp³-hybridized carbons (Fsp3) is 0.556. The van der Waals surface area contributed by atoms with Crippen LogP contribution >= 0.6 is 15.9 Å². The summed E-state index contributed by atoms with van der Waals surface area (Å²) in [7, 11) is 0. The highest BCUT2D eigenvalue weighted by Gasteiger charge is 2.26. The summed E-state index contributed by atoms with van der Waals surface area (Å²) in [6.07, 6.45) is 5.70. The van der Waals surface area contributed by atoms with Gasteiger partial charge in [0.2, 0.25) is 0 Å². The first-order chi connectivity index (χ1) is 11.8. The van der Waals surface area contributed by atoms with E-state index < -0.39 is 5.91 Å². The number of amides is 1. The van der Waals surface area contributed by atoms with Crippen molar-refractivity contribution in [2.75, 3.05) is 24.5 Å². The van der Waals surface area contributed by atoms with Gasteiger partial charge in [-0.05, 0) is 34.2 Å². The molecule has 0 bridgehead atoms. The molecule has 2 aromatic heterocycles. The lowest BCUT2D eigenvalue weighted by molar-refractivity contribution is 0.100. The Kier molecular flexibility index (Phi) is 5.06. The van der Waals surface area contributed by atoms with Crippen LogP contribution in [0, 0.1) is 5.41 Å². The van der Waals surface area contributed by atoms with Gasteiger partial charge in [0.05, 0.1) is 21.1 Å². The van der Waals surface area contributed by atoms with Crippen LogP contribution in [-0.2, 0) is 0 Å². The number of pyridine rings is 1. The summed E-state index contributed by atoms with van der Waals surface area (Å²) in [5.41, 5.74) is 8.00. The number of fused-ring (bicyclic) bond motifs is 1. The smallest absolute Gasteiger partial charge is 0.251 e. The van der Waals surface area contributed by atoms with Crippen LogP contribution in [0.1, 0.15) is 44.0 Å². The van der Waals surface area contributed by atoms with Crippen molar-refractivity contribution in [3.63, 3.8) is 0 Å². The molecule has 25 heavy (non-hydrogen) atoms. The Morgan fingerprint density at radius 3 is 2.96 bits per heavy atom. The molecule has 2 aromatic rings. The predicted octanol–water partition coefficient (Wildman–Crippen LogP) is 3.03. The van der Waals surface area contributed by atoms with E-state index in [4.69, 9.17) is 5.73 Å². The van der Waals surface area contributed by atoms with E-state index in [9.17, 15) is 4.79 Å². The topological polar surface area (TPSA) is 87.0 Å². The van der Waals surface area contributed by atoms with E-state index in [1.54, 1.807) is 12.4 Å². The number of anilines is 1. The van der Waals surface area contributed by atoms with Crippen LogP contribution < -0.4 is 16.0 Å². The number of primary amides is 1. The Hall–Kier alpha value is -1.60. The lowest BCUT2D eigenvalue weighted by Gasteiger charge is -2.37. The highest BCUT2D eigenvalue weighted by atomic mass is 79.9. The van der Waals surface area contributed by atoms with Crippen LogP contribution in [0.2, 0.25) is 0 Å². The number of aromatic nitrogens is 2. The Balaban J connectivity index is 1.91. The van der Waals surface area contributed by atoms with E-state index in [1.807, 2.05) is 0 Å². The van der Waals surface area contributed by atoms with Crippen molar-refractivity contribution in [2.24, 2.45) is 11.1 Å². The number of hydrogen-bond acceptors (Lipinski definition) is 4. The maximum Gasteiger partial charge on any atom is 0.251 e. The van der Waals surface area contributed by atoms with Crippen LogP contribution in [0.5, 0.6) is 0 Å². The molecule has 7 heteroatoms. The van der Waals surface area contributed by atoms with Crippen molar-refractivity contribution in [3.8, 4) is 0 Å². The van der Waals surface area contributed by atoms with E-state index in [2.05, 4.69) is 56.9 Å². The fourth-order valence-corrected chi connectivity index (χ4v) is 3.91. The van der Waals surface area contributed by atoms with E-state index in [1.165, 1.54) is 0 Å². The normalized spacial score (nSPS) is 18.7.